The number of azide groups is 2. The van der Waals surface area contributed by atoms with E-state index in [1.165, 1.54) is 0 Å². The molecule has 0 aromatic carbocycles. The van der Waals surface area contributed by atoms with Gasteiger partial charge in [-0.3, -0.25) is 20.8 Å². The molecule has 0 amide bonds. The van der Waals surface area contributed by atoms with Crippen LogP contribution in [0.2, 0.25) is 0 Å². The number of rotatable bonds is 8. The van der Waals surface area contributed by atoms with Gasteiger partial charge in [0.1, 0.15) is 0 Å². The van der Waals surface area contributed by atoms with Gasteiger partial charge in [-0.05, 0) is 49.9 Å². The van der Waals surface area contributed by atoms with Crippen LogP contribution in [-0.4, -0.2) is 54.4 Å². The Hall–Kier alpha value is -2.08. The lowest BCUT2D eigenvalue weighted by atomic mass is 10.6. The Morgan fingerprint density at radius 1 is 0.957 bits per heavy atom. The van der Waals surface area contributed by atoms with Crippen LogP contribution >= 0.6 is 7.51 Å². The van der Waals surface area contributed by atoms with Gasteiger partial charge in [-0.15, -0.1) is 0 Å². The summed E-state index contributed by atoms with van der Waals surface area (Å²) in [6, 6.07) is 0. The molecular weight excluding hydrogens is 327 g/mol. The van der Waals surface area contributed by atoms with Gasteiger partial charge in [0, 0.05) is 14.7 Å². The fraction of sp³-hybridized carbons (Fsp3) is 1.00. The molecular formula is C6H19N16P. The van der Waals surface area contributed by atoms with Crippen LogP contribution in [0.5, 0.6) is 0 Å². The summed E-state index contributed by atoms with van der Waals surface area (Å²) in [6.45, 7) is 0. The van der Waals surface area contributed by atoms with Crippen molar-refractivity contribution < 1.29 is 0 Å². The zero-order valence-electron chi connectivity index (χ0n) is 13.1. The fourth-order valence-electron chi connectivity index (χ4n) is 1.87. The molecule has 0 heterocycles. The second kappa shape index (κ2) is 8.53. The van der Waals surface area contributed by atoms with Gasteiger partial charge in [0.25, 0.3) is 0 Å². The lowest BCUT2D eigenvalue weighted by Crippen LogP contribution is -2.64. The van der Waals surface area contributed by atoms with Crippen molar-refractivity contribution in [3.05, 3.63) is 31.3 Å². The highest BCUT2D eigenvalue weighted by Crippen LogP contribution is 2.58. The Kier molecular flexibility index (Phi) is 7.75. The molecule has 6 N–H and O–H groups in total. The van der Waals surface area contributed by atoms with Crippen LogP contribution in [0.25, 0.3) is 31.3 Å². The minimum absolute atomic E-state index is 0.971. The number of nitrogens with two attached hydrogens (primary N) is 3. The Labute approximate surface area is 131 Å². The minimum Gasteiger partial charge on any atom is -0.296 e. The summed E-state index contributed by atoms with van der Waals surface area (Å²) in [5, 5.41) is 9.96. The zero-order valence-corrected chi connectivity index (χ0v) is 14.0. The van der Waals surface area contributed by atoms with E-state index in [0.29, 0.717) is 0 Å². The maximum absolute atomic E-state index is 8.71. The number of hydrogen-bond donors (Lipinski definition) is 3. The van der Waals surface area contributed by atoms with E-state index < -0.39 is 19.7 Å². The Balaban J connectivity index is 6.85. The van der Waals surface area contributed by atoms with Gasteiger partial charge in [0.05, 0.1) is 0 Å². The van der Waals surface area contributed by atoms with Crippen LogP contribution in [0.4, 0.5) is 0 Å². The van der Waals surface area contributed by atoms with Gasteiger partial charge in [-0.2, -0.15) is 9.52 Å². The first-order chi connectivity index (χ1) is 10.6. The predicted molar refractivity (Wildman–Crippen MR) is 85.1 cm³/mol. The van der Waals surface area contributed by atoms with E-state index in [9.17, 15) is 0 Å². The maximum Gasteiger partial charge on any atom is 0.209 e. The molecule has 16 nitrogen and oxygen atoms in total. The number of hydrogen-bond acceptors (Lipinski definition) is 6. The van der Waals surface area contributed by atoms with Crippen LogP contribution < -0.4 is 17.3 Å². The second-order valence-electron chi connectivity index (χ2n) is 4.42. The average molecular weight is 346 g/mol. The van der Waals surface area contributed by atoms with Crippen LogP contribution in [0.15, 0.2) is 20.2 Å². The van der Waals surface area contributed by atoms with E-state index in [1.807, 2.05) is 0 Å². The van der Waals surface area contributed by atoms with Crippen molar-refractivity contribution in [2.45, 2.75) is 12.2 Å². The molecule has 0 aliphatic heterocycles. The standard InChI is InChI=1S/C6H19N16P/c1-20(2)23(19-12,21(3)4)22(6(7,8)15-18-11)5(13-16-9)14-17-10/h5H,7-8,12H2,1-4H3. The van der Waals surface area contributed by atoms with Crippen LogP contribution in [-0.2, 0) is 0 Å². The summed E-state index contributed by atoms with van der Waals surface area (Å²) >= 11 is 0. The molecule has 0 aromatic heterocycles. The van der Waals surface area contributed by atoms with E-state index in [-0.39, 0.29) is 0 Å². The normalized spacial score (nSPS) is 13.1. The monoisotopic (exact) mass is 346 g/mol. The summed E-state index contributed by atoms with van der Waals surface area (Å²) in [5.41, 5.74) is 37.8. The SMILES string of the molecule is CN(C)P(=NN)(N(C)C)N(C(N=[N+]=[N-])N=[N+]=[N-])C(N)(N)N=[N+]=[N-]. The molecule has 0 spiro atoms. The molecule has 0 aliphatic rings. The largest absolute Gasteiger partial charge is 0.296 e. The third-order valence-electron chi connectivity index (χ3n) is 2.62. The van der Waals surface area contributed by atoms with E-state index in [2.05, 4.69) is 34.9 Å². The van der Waals surface area contributed by atoms with Crippen molar-refractivity contribution in [1.82, 2.24) is 14.0 Å². The molecule has 0 radical (unpaired) electrons. The average Bonchev–Trinajstić information content (AvgIpc) is 2.43. The maximum atomic E-state index is 8.71. The molecule has 23 heavy (non-hydrogen) atoms. The predicted octanol–water partition coefficient (Wildman–Crippen LogP) is 0.975. The van der Waals surface area contributed by atoms with Crippen molar-refractivity contribution in [1.29, 1.82) is 0 Å². The molecule has 0 aliphatic carbocycles. The third-order valence-corrected chi connectivity index (χ3v) is 6.18. The van der Waals surface area contributed by atoms with Gasteiger partial charge < -0.3 is 0 Å². The minimum atomic E-state index is -3.14. The van der Waals surface area contributed by atoms with Crippen LogP contribution in [0.1, 0.15) is 0 Å². The molecule has 0 aromatic rings. The van der Waals surface area contributed by atoms with Crippen LogP contribution in [0, 0.1) is 0 Å². The Morgan fingerprint density at radius 2 is 1.39 bits per heavy atom. The topological polar surface area (TPSA) is 246 Å². The van der Waals surface area contributed by atoms with E-state index in [1.54, 1.807) is 37.5 Å². The van der Waals surface area contributed by atoms with Crippen molar-refractivity contribution in [3.63, 3.8) is 0 Å². The molecule has 17 heteroatoms. The molecule has 0 saturated heterocycles. The first kappa shape index (κ1) is 20.9. The Morgan fingerprint density at radius 3 is 1.65 bits per heavy atom. The summed E-state index contributed by atoms with van der Waals surface area (Å²) < 4.78 is 4.06. The van der Waals surface area contributed by atoms with Gasteiger partial charge in [-0.25, -0.2) is 5.84 Å². The van der Waals surface area contributed by atoms with E-state index in [0.717, 1.165) is 4.67 Å². The van der Waals surface area contributed by atoms with Gasteiger partial charge in [-0.1, -0.05) is 10.2 Å². The quantitative estimate of drug-likeness (QED) is 0.110. The van der Waals surface area contributed by atoms with E-state index in [4.69, 9.17) is 33.9 Å². The fourth-order valence-corrected chi connectivity index (χ4v) is 4.72. The summed E-state index contributed by atoms with van der Waals surface area (Å²) in [7, 11) is 3.28. The first-order valence-electron chi connectivity index (χ1n) is 5.85. The highest BCUT2D eigenvalue weighted by molar-refractivity contribution is 7.59. The van der Waals surface area contributed by atoms with Crippen molar-refractivity contribution in [2.75, 3.05) is 28.2 Å². The molecule has 0 unspecified atom stereocenters. The Bertz CT molecular complexity index is 570. The summed E-state index contributed by atoms with van der Waals surface area (Å²) in [5.74, 6) is 3.31. The zero-order chi connectivity index (χ0) is 18.3. The van der Waals surface area contributed by atoms with Crippen molar-refractivity contribution in [2.24, 2.45) is 37.5 Å². The highest BCUT2D eigenvalue weighted by Gasteiger charge is 2.46. The summed E-state index contributed by atoms with van der Waals surface area (Å²) in [4.78, 5) is 11.6. The number of nitrogens with zero attached hydrogens (tertiary/aromatic N) is 13. The lowest BCUT2D eigenvalue weighted by Gasteiger charge is -2.49. The second-order valence-corrected chi connectivity index (χ2v) is 7.76. The molecule has 0 saturated carbocycles. The van der Waals surface area contributed by atoms with Gasteiger partial charge in [0.15, 0.2) is 13.8 Å². The first-order valence-corrected chi connectivity index (χ1v) is 7.45. The smallest absolute Gasteiger partial charge is 0.209 e. The highest BCUT2D eigenvalue weighted by atomic mass is 31.2. The molecule has 0 rings (SSSR count). The van der Waals surface area contributed by atoms with E-state index >= 15 is 0 Å². The summed E-state index contributed by atoms with van der Waals surface area (Å²) in [6.07, 6.45) is -1.59. The third kappa shape index (κ3) is 4.22. The van der Waals surface area contributed by atoms with Crippen molar-refractivity contribution in [3.8, 4) is 0 Å². The van der Waals surface area contributed by atoms with Crippen LogP contribution in [0.3, 0.4) is 0 Å². The van der Waals surface area contributed by atoms with Gasteiger partial charge >= 0.3 is 0 Å². The van der Waals surface area contributed by atoms with Gasteiger partial charge in [0.2, 0.25) is 5.91 Å². The molecule has 0 fully saturated rings. The molecule has 0 bridgehead atoms. The van der Waals surface area contributed by atoms with Crippen molar-refractivity contribution >= 4 is 7.51 Å². The lowest BCUT2D eigenvalue weighted by molar-refractivity contribution is 0.147. The molecule has 128 valence electrons. The molecule has 0 atom stereocenters.